The number of benzene rings is 2. The van der Waals surface area contributed by atoms with Crippen LogP contribution >= 0.6 is 0 Å². The number of H-pyrrole nitrogens is 1. The third kappa shape index (κ3) is 5.08. The second kappa shape index (κ2) is 10.5. The minimum absolute atomic E-state index is 0.0650. The van der Waals surface area contributed by atoms with Crippen molar-refractivity contribution in [3.8, 4) is 23.0 Å². The summed E-state index contributed by atoms with van der Waals surface area (Å²) in [6, 6.07) is 7.79. The van der Waals surface area contributed by atoms with Gasteiger partial charge in [-0.05, 0) is 99.6 Å². The highest BCUT2D eigenvalue weighted by atomic mass is 19.1. The number of halogens is 1. The first-order chi connectivity index (χ1) is 16.4. The minimum atomic E-state index is -0.279. The maximum absolute atomic E-state index is 15.6. The number of aliphatic imine (C=N–C) groups is 1. The van der Waals surface area contributed by atoms with Gasteiger partial charge in [0.05, 0.1) is 17.0 Å². The lowest BCUT2D eigenvalue weighted by Crippen LogP contribution is -2.34. The van der Waals surface area contributed by atoms with E-state index in [1.807, 2.05) is 32.9 Å². The molecule has 4 rings (SSSR count). The Morgan fingerprint density at radius 2 is 1.79 bits per heavy atom. The van der Waals surface area contributed by atoms with Gasteiger partial charge in [0.25, 0.3) is 0 Å². The molecular formula is C29H35FN4. The van der Waals surface area contributed by atoms with E-state index < -0.39 is 0 Å². The topological polar surface area (TPSA) is 53.1 Å². The van der Waals surface area contributed by atoms with Crippen molar-refractivity contribution in [1.82, 2.24) is 15.3 Å². The monoisotopic (exact) mass is 458 g/mol. The molecule has 1 saturated heterocycles. The molecule has 0 bridgehead atoms. The first-order valence-electron chi connectivity index (χ1n) is 12.5. The van der Waals surface area contributed by atoms with Gasteiger partial charge in [-0.15, -0.1) is 5.92 Å². The highest BCUT2D eigenvalue weighted by molar-refractivity contribution is 5.94. The van der Waals surface area contributed by atoms with E-state index in [1.165, 1.54) is 0 Å². The molecule has 2 aromatic carbocycles. The Hall–Kier alpha value is -2.97. The molecule has 2 N–H and O–H groups in total. The van der Waals surface area contributed by atoms with Crippen molar-refractivity contribution in [1.29, 1.82) is 0 Å². The van der Waals surface area contributed by atoms with Crippen LogP contribution < -0.4 is 5.32 Å². The van der Waals surface area contributed by atoms with Crippen molar-refractivity contribution in [2.45, 2.75) is 60.3 Å². The summed E-state index contributed by atoms with van der Waals surface area (Å²) in [6.07, 6.45) is 3.74. The fourth-order valence-electron chi connectivity index (χ4n) is 4.94. The Kier molecular flexibility index (Phi) is 7.48. The van der Waals surface area contributed by atoms with Crippen molar-refractivity contribution in [3.05, 3.63) is 47.0 Å². The van der Waals surface area contributed by atoms with E-state index in [0.29, 0.717) is 11.6 Å². The van der Waals surface area contributed by atoms with Gasteiger partial charge in [0.15, 0.2) is 0 Å². The summed E-state index contributed by atoms with van der Waals surface area (Å²) in [5.41, 5.74) is 7.18. The zero-order chi connectivity index (χ0) is 24.2. The summed E-state index contributed by atoms with van der Waals surface area (Å²) >= 11 is 0. The molecule has 1 atom stereocenters. The lowest BCUT2D eigenvalue weighted by Gasteiger charge is -2.27. The largest absolute Gasteiger partial charge is 0.342 e. The molecule has 1 aliphatic heterocycles. The number of rotatable bonds is 5. The maximum atomic E-state index is 15.6. The van der Waals surface area contributed by atoms with Gasteiger partial charge in [-0.3, -0.25) is 4.99 Å². The third-order valence-electron chi connectivity index (χ3n) is 6.70. The molecule has 1 aliphatic rings. The number of hydrogen-bond donors (Lipinski definition) is 2. The third-order valence-corrected chi connectivity index (χ3v) is 6.70. The summed E-state index contributed by atoms with van der Waals surface area (Å²) < 4.78 is 15.6. The molecule has 3 aromatic rings. The van der Waals surface area contributed by atoms with E-state index in [0.717, 1.165) is 83.6 Å². The van der Waals surface area contributed by atoms with Crippen molar-refractivity contribution in [2.75, 3.05) is 13.1 Å². The Morgan fingerprint density at radius 1 is 1.09 bits per heavy atom. The van der Waals surface area contributed by atoms with Gasteiger partial charge in [0.2, 0.25) is 0 Å². The van der Waals surface area contributed by atoms with Crippen molar-refractivity contribution >= 4 is 22.4 Å². The summed E-state index contributed by atoms with van der Waals surface area (Å²) in [6.45, 7) is 12.1. The molecule has 0 radical (unpaired) electrons. The quantitative estimate of drug-likeness (QED) is 0.326. The van der Waals surface area contributed by atoms with Gasteiger partial charge in [-0.2, -0.15) is 0 Å². The summed E-state index contributed by atoms with van der Waals surface area (Å²) in [5.74, 6) is 7.65. The number of hydrogen-bond acceptors (Lipinski definition) is 3. The Morgan fingerprint density at radius 3 is 2.47 bits per heavy atom. The first-order valence-corrected chi connectivity index (χ1v) is 12.5. The standard InChI is InChI=1S/C29H35FN4/c1-6-8-9-21(7-2)29(22-10-12-31-13-11-22)34-27-18(3)14-23(16-25(27)30)24-15-19(4)28-26(17-24)32-20(5)33-28/h14-17,21-22,31H,6-7,10-13H2,1-5H3,(H,32,33). The molecule has 178 valence electrons. The number of piperidine rings is 1. The van der Waals surface area contributed by atoms with Crippen LogP contribution in [0.5, 0.6) is 0 Å². The highest BCUT2D eigenvalue weighted by Gasteiger charge is 2.25. The van der Waals surface area contributed by atoms with Crippen molar-refractivity contribution in [3.63, 3.8) is 0 Å². The number of aromatic nitrogens is 2. The summed E-state index contributed by atoms with van der Waals surface area (Å²) in [7, 11) is 0. The summed E-state index contributed by atoms with van der Waals surface area (Å²) in [4.78, 5) is 12.9. The fourth-order valence-corrected chi connectivity index (χ4v) is 4.94. The van der Waals surface area contributed by atoms with E-state index in [9.17, 15) is 0 Å². The molecule has 2 heterocycles. The van der Waals surface area contributed by atoms with Gasteiger partial charge < -0.3 is 10.3 Å². The number of aromatic amines is 1. The van der Waals surface area contributed by atoms with Crippen LogP contribution in [0.1, 0.15) is 56.5 Å². The van der Waals surface area contributed by atoms with E-state index in [4.69, 9.17) is 4.99 Å². The molecule has 0 saturated carbocycles. The Labute approximate surface area is 202 Å². The van der Waals surface area contributed by atoms with E-state index in [-0.39, 0.29) is 11.7 Å². The summed E-state index contributed by atoms with van der Waals surface area (Å²) in [5, 5.41) is 3.43. The van der Waals surface area contributed by atoms with Crippen LogP contribution in [-0.2, 0) is 0 Å². The lowest BCUT2D eigenvalue weighted by atomic mass is 9.84. The van der Waals surface area contributed by atoms with Crippen LogP contribution in [0.25, 0.3) is 22.2 Å². The molecule has 1 unspecified atom stereocenters. The van der Waals surface area contributed by atoms with Crippen LogP contribution in [0.4, 0.5) is 10.1 Å². The average molecular weight is 459 g/mol. The van der Waals surface area contributed by atoms with Gasteiger partial charge >= 0.3 is 0 Å². The molecule has 34 heavy (non-hydrogen) atoms. The minimum Gasteiger partial charge on any atom is -0.342 e. The molecule has 0 spiro atoms. The van der Waals surface area contributed by atoms with Crippen LogP contribution in [0, 0.1) is 50.3 Å². The molecule has 4 nitrogen and oxygen atoms in total. The number of nitrogens with zero attached hydrogens (tertiary/aromatic N) is 2. The Bertz CT molecular complexity index is 1250. The second-order valence-electron chi connectivity index (χ2n) is 9.33. The van der Waals surface area contributed by atoms with E-state index in [1.54, 1.807) is 6.07 Å². The van der Waals surface area contributed by atoms with Crippen LogP contribution in [-0.4, -0.2) is 28.8 Å². The molecule has 0 amide bonds. The Balaban J connectivity index is 1.77. The molecule has 1 aromatic heterocycles. The van der Waals surface area contributed by atoms with E-state index in [2.05, 4.69) is 47.0 Å². The molecular weight excluding hydrogens is 423 g/mol. The molecule has 0 aliphatic carbocycles. The number of aryl methyl sites for hydroxylation is 3. The van der Waals surface area contributed by atoms with E-state index >= 15 is 4.39 Å². The lowest BCUT2D eigenvalue weighted by molar-refractivity contribution is 0.447. The van der Waals surface area contributed by atoms with Gasteiger partial charge in [0.1, 0.15) is 17.3 Å². The first kappa shape index (κ1) is 24.2. The highest BCUT2D eigenvalue weighted by Crippen LogP contribution is 2.34. The number of fused-ring (bicyclic) bond motifs is 1. The molecule has 5 heteroatoms. The SMILES string of the molecule is CCC#CC(CC)C(=Nc1c(C)cc(-c2cc(C)c3nc(C)[nH]c3c2)cc1F)C1CCNCC1. The van der Waals surface area contributed by atoms with Crippen LogP contribution in [0.15, 0.2) is 29.3 Å². The average Bonchev–Trinajstić information content (AvgIpc) is 3.21. The smallest absolute Gasteiger partial charge is 0.149 e. The predicted molar refractivity (Wildman–Crippen MR) is 140 cm³/mol. The molecule has 1 fully saturated rings. The zero-order valence-corrected chi connectivity index (χ0v) is 21.0. The number of nitrogens with one attached hydrogen (secondary N) is 2. The van der Waals surface area contributed by atoms with Crippen molar-refractivity contribution in [2.24, 2.45) is 16.8 Å². The van der Waals surface area contributed by atoms with Crippen LogP contribution in [0.3, 0.4) is 0 Å². The fraction of sp³-hybridized carbons (Fsp3) is 0.448. The predicted octanol–water partition coefficient (Wildman–Crippen LogP) is 6.81. The number of imidazole rings is 1. The van der Waals surface area contributed by atoms with Gasteiger partial charge in [-0.1, -0.05) is 19.8 Å². The second-order valence-corrected chi connectivity index (χ2v) is 9.33. The normalized spacial score (nSPS) is 15.9. The van der Waals surface area contributed by atoms with Gasteiger partial charge in [-0.25, -0.2) is 9.37 Å². The van der Waals surface area contributed by atoms with Crippen molar-refractivity contribution < 1.29 is 4.39 Å². The van der Waals surface area contributed by atoms with Gasteiger partial charge in [0, 0.05) is 18.1 Å². The maximum Gasteiger partial charge on any atom is 0.149 e. The zero-order valence-electron chi connectivity index (χ0n) is 21.0. The van der Waals surface area contributed by atoms with Crippen LogP contribution in [0.2, 0.25) is 0 Å².